The molecular weight excluding hydrogens is 248 g/mol. The summed E-state index contributed by atoms with van der Waals surface area (Å²) in [4.78, 5) is 4.92. The Kier molecular flexibility index (Phi) is 5.19. The predicted octanol–water partition coefficient (Wildman–Crippen LogP) is 2.44. The van der Waals surface area contributed by atoms with Crippen molar-refractivity contribution in [3.05, 3.63) is 35.4 Å². The van der Waals surface area contributed by atoms with Crippen molar-refractivity contribution in [2.75, 3.05) is 26.7 Å². The molecule has 0 saturated carbocycles. The van der Waals surface area contributed by atoms with E-state index in [9.17, 15) is 5.11 Å². The second-order valence-electron chi connectivity index (χ2n) is 6.34. The number of hydrogen-bond donors (Lipinski definition) is 1. The number of aliphatic hydroxyl groups is 1. The van der Waals surface area contributed by atoms with Gasteiger partial charge in [-0.25, -0.2) is 0 Å². The van der Waals surface area contributed by atoms with Gasteiger partial charge in [0.15, 0.2) is 0 Å². The monoisotopic (exact) mass is 276 g/mol. The summed E-state index contributed by atoms with van der Waals surface area (Å²) >= 11 is 0. The van der Waals surface area contributed by atoms with Gasteiger partial charge in [0.2, 0.25) is 0 Å². The normalized spacial score (nSPS) is 26.6. The molecule has 0 aliphatic carbocycles. The Labute approximate surface area is 123 Å². The molecule has 0 amide bonds. The minimum atomic E-state index is -0.346. The summed E-state index contributed by atoms with van der Waals surface area (Å²) in [5.74, 6) is 0. The summed E-state index contributed by atoms with van der Waals surface area (Å²) in [5.41, 5.74) is 2.27. The Morgan fingerprint density at radius 1 is 1.15 bits per heavy atom. The van der Waals surface area contributed by atoms with Crippen molar-refractivity contribution < 1.29 is 5.11 Å². The van der Waals surface area contributed by atoms with E-state index < -0.39 is 0 Å². The van der Waals surface area contributed by atoms with Crippen LogP contribution in [0.5, 0.6) is 0 Å². The van der Waals surface area contributed by atoms with E-state index in [4.69, 9.17) is 0 Å². The van der Waals surface area contributed by atoms with Crippen molar-refractivity contribution in [2.24, 2.45) is 0 Å². The number of piperazine rings is 1. The van der Waals surface area contributed by atoms with Crippen LogP contribution in [0.1, 0.15) is 37.5 Å². The van der Waals surface area contributed by atoms with Crippen molar-refractivity contribution in [1.29, 1.82) is 0 Å². The smallest absolute Gasteiger partial charge is 0.0802 e. The lowest BCUT2D eigenvalue weighted by Gasteiger charge is -2.42. The number of aryl methyl sites for hydroxylation is 1. The maximum Gasteiger partial charge on any atom is 0.0802 e. The first-order chi connectivity index (χ1) is 9.47. The number of nitrogens with zero attached hydrogens (tertiary/aromatic N) is 2. The minimum Gasteiger partial charge on any atom is -0.388 e. The quantitative estimate of drug-likeness (QED) is 0.915. The second kappa shape index (κ2) is 6.70. The average Bonchev–Trinajstić information content (AvgIpc) is 2.42. The van der Waals surface area contributed by atoms with Gasteiger partial charge in [0.25, 0.3) is 0 Å². The number of hydrogen-bond acceptors (Lipinski definition) is 3. The Bertz CT molecular complexity index is 406. The highest BCUT2D eigenvalue weighted by molar-refractivity contribution is 5.23. The highest BCUT2D eigenvalue weighted by Crippen LogP contribution is 2.19. The topological polar surface area (TPSA) is 26.7 Å². The van der Waals surface area contributed by atoms with Crippen LogP contribution in [0, 0.1) is 6.92 Å². The van der Waals surface area contributed by atoms with Crippen LogP contribution >= 0.6 is 0 Å². The molecule has 3 unspecified atom stereocenters. The van der Waals surface area contributed by atoms with Crippen LogP contribution in [0.25, 0.3) is 0 Å². The highest BCUT2D eigenvalue weighted by atomic mass is 16.3. The molecule has 1 N–H and O–H groups in total. The first kappa shape index (κ1) is 15.5. The van der Waals surface area contributed by atoms with Gasteiger partial charge in [-0.3, -0.25) is 4.90 Å². The molecule has 1 fully saturated rings. The summed E-state index contributed by atoms with van der Waals surface area (Å²) in [5, 5.41) is 10.3. The van der Waals surface area contributed by atoms with Gasteiger partial charge in [0.1, 0.15) is 0 Å². The predicted molar refractivity (Wildman–Crippen MR) is 83.9 cm³/mol. The molecule has 3 heteroatoms. The van der Waals surface area contributed by atoms with E-state index >= 15 is 0 Å². The van der Waals surface area contributed by atoms with Gasteiger partial charge in [-0.2, -0.15) is 0 Å². The molecule has 3 atom stereocenters. The summed E-state index contributed by atoms with van der Waals surface area (Å²) in [7, 11) is 2.20. The first-order valence-corrected chi connectivity index (χ1v) is 7.66. The molecule has 0 radical (unpaired) electrons. The van der Waals surface area contributed by atoms with Crippen LogP contribution in [0.4, 0.5) is 0 Å². The van der Waals surface area contributed by atoms with E-state index in [1.54, 1.807) is 0 Å². The second-order valence-corrected chi connectivity index (χ2v) is 6.34. The molecule has 1 saturated heterocycles. The lowest BCUT2D eigenvalue weighted by Crippen LogP contribution is -2.55. The molecule has 2 rings (SSSR count). The first-order valence-electron chi connectivity index (χ1n) is 7.66. The Morgan fingerprint density at radius 3 is 2.25 bits per heavy atom. The maximum absolute atomic E-state index is 10.3. The fourth-order valence-corrected chi connectivity index (χ4v) is 2.96. The van der Waals surface area contributed by atoms with E-state index in [0.717, 1.165) is 31.6 Å². The van der Waals surface area contributed by atoms with Gasteiger partial charge < -0.3 is 10.0 Å². The lowest BCUT2D eigenvalue weighted by atomic mass is 10.0. The standard InChI is InChI=1S/C17H28N2O/c1-13-5-7-16(8-6-13)17(20)9-10-19-11-14(2)18(4)15(3)12-19/h5-8,14-15,17,20H,9-12H2,1-4H3. The SMILES string of the molecule is Cc1ccc(C(O)CCN2CC(C)N(C)C(C)C2)cc1. The van der Waals surface area contributed by atoms with E-state index in [1.165, 1.54) is 5.56 Å². The third kappa shape index (κ3) is 3.81. The van der Waals surface area contributed by atoms with E-state index in [-0.39, 0.29) is 6.10 Å². The van der Waals surface area contributed by atoms with Crippen LogP contribution in [0.2, 0.25) is 0 Å². The summed E-state index contributed by atoms with van der Waals surface area (Å²) in [6.07, 6.45) is 0.465. The highest BCUT2D eigenvalue weighted by Gasteiger charge is 2.26. The number of aliphatic hydroxyl groups excluding tert-OH is 1. The molecule has 0 bridgehead atoms. The van der Waals surface area contributed by atoms with Gasteiger partial charge in [-0.1, -0.05) is 29.8 Å². The number of benzene rings is 1. The average molecular weight is 276 g/mol. The molecule has 3 nitrogen and oxygen atoms in total. The Morgan fingerprint density at radius 2 is 1.70 bits per heavy atom. The molecular formula is C17H28N2O. The van der Waals surface area contributed by atoms with Crippen molar-refractivity contribution in [3.63, 3.8) is 0 Å². The van der Waals surface area contributed by atoms with Crippen LogP contribution in [-0.4, -0.2) is 53.7 Å². The van der Waals surface area contributed by atoms with Gasteiger partial charge in [0.05, 0.1) is 6.10 Å². The van der Waals surface area contributed by atoms with E-state index in [0.29, 0.717) is 12.1 Å². The molecule has 1 heterocycles. The zero-order chi connectivity index (χ0) is 14.7. The molecule has 0 spiro atoms. The molecule has 20 heavy (non-hydrogen) atoms. The fraction of sp³-hybridized carbons (Fsp3) is 0.647. The van der Waals surface area contributed by atoms with Gasteiger partial charge in [-0.05, 0) is 39.8 Å². The van der Waals surface area contributed by atoms with Crippen molar-refractivity contribution in [2.45, 2.75) is 45.4 Å². The summed E-state index contributed by atoms with van der Waals surface area (Å²) in [6, 6.07) is 9.40. The summed E-state index contributed by atoms with van der Waals surface area (Å²) in [6.45, 7) is 9.79. The van der Waals surface area contributed by atoms with Crippen LogP contribution in [0.3, 0.4) is 0 Å². The van der Waals surface area contributed by atoms with Gasteiger partial charge in [0, 0.05) is 31.7 Å². The fourth-order valence-electron chi connectivity index (χ4n) is 2.96. The van der Waals surface area contributed by atoms with Crippen molar-refractivity contribution >= 4 is 0 Å². The third-order valence-electron chi connectivity index (χ3n) is 4.62. The van der Waals surface area contributed by atoms with Crippen LogP contribution < -0.4 is 0 Å². The van der Waals surface area contributed by atoms with Gasteiger partial charge >= 0.3 is 0 Å². The minimum absolute atomic E-state index is 0.346. The van der Waals surface area contributed by atoms with Crippen LogP contribution in [0.15, 0.2) is 24.3 Å². The van der Waals surface area contributed by atoms with E-state index in [1.807, 2.05) is 12.1 Å². The van der Waals surface area contributed by atoms with Crippen LogP contribution in [-0.2, 0) is 0 Å². The third-order valence-corrected chi connectivity index (χ3v) is 4.62. The molecule has 112 valence electrons. The largest absolute Gasteiger partial charge is 0.388 e. The van der Waals surface area contributed by atoms with Crippen molar-refractivity contribution in [3.8, 4) is 0 Å². The lowest BCUT2D eigenvalue weighted by molar-refractivity contribution is 0.0485. The Balaban J connectivity index is 1.84. The molecule has 1 aromatic carbocycles. The zero-order valence-electron chi connectivity index (χ0n) is 13.2. The number of likely N-dealkylation sites (N-methyl/N-ethyl adjacent to an activating group) is 1. The molecule has 1 aliphatic heterocycles. The molecule has 0 aromatic heterocycles. The molecule has 1 aliphatic rings. The van der Waals surface area contributed by atoms with Crippen molar-refractivity contribution in [1.82, 2.24) is 9.80 Å². The van der Waals surface area contributed by atoms with E-state index in [2.05, 4.69) is 49.8 Å². The maximum atomic E-state index is 10.3. The Hall–Kier alpha value is -0.900. The van der Waals surface area contributed by atoms with Gasteiger partial charge in [-0.15, -0.1) is 0 Å². The number of rotatable bonds is 4. The zero-order valence-corrected chi connectivity index (χ0v) is 13.2. The molecule has 1 aromatic rings. The summed E-state index contributed by atoms with van der Waals surface area (Å²) < 4.78 is 0.